The molecule has 0 unspecified atom stereocenters. The fourth-order valence-corrected chi connectivity index (χ4v) is 1.74. The van der Waals surface area contributed by atoms with E-state index >= 15 is 0 Å². The Morgan fingerprint density at radius 2 is 1.95 bits per heavy atom. The summed E-state index contributed by atoms with van der Waals surface area (Å²) in [5, 5.41) is 11.4. The van der Waals surface area contributed by atoms with Gasteiger partial charge in [0.25, 0.3) is 0 Å². The van der Waals surface area contributed by atoms with Crippen molar-refractivity contribution in [3.8, 4) is 5.75 Å². The van der Waals surface area contributed by atoms with E-state index in [4.69, 9.17) is 9.47 Å². The molecular formula is C15H20FNO5. The number of halogens is 1. The van der Waals surface area contributed by atoms with Gasteiger partial charge >= 0.3 is 12.1 Å². The van der Waals surface area contributed by atoms with Crippen LogP contribution in [0.25, 0.3) is 0 Å². The van der Waals surface area contributed by atoms with Crippen LogP contribution in [0.1, 0.15) is 26.3 Å². The molecule has 0 aromatic heterocycles. The van der Waals surface area contributed by atoms with Gasteiger partial charge in [-0.25, -0.2) is 14.0 Å². The number of rotatable bonds is 5. The van der Waals surface area contributed by atoms with E-state index in [9.17, 15) is 19.1 Å². The van der Waals surface area contributed by atoms with Crippen molar-refractivity contribution >= 4 is 12.1 Å². The molecule has 2 N–H and O–H groups in total. The van der Waals surface area contributed by atoms with Crippen LogP contribution in [0.2, 0.25) is 0 Å². The third kappa shape index (κ3) is 5.99. The summed E-state index contributed by atoms with van der Waals surface area (Å²) in [5.74, 6) is -1.51. The number of hydrogen-bond donors (Lipinski definition) is 2. The van der Waals surface area contributed by atoms with E-state index in [-0.39, 0.29) is 12.2 Å². The summed E-state index contributed by atoms with van der Waals surface area (Å²) in [6, 6.07) is 2.65. The summed E-state index contributed by atoms with van der Waals surface area (Å²) < 4.78 is 23.3. The number of carbonyl (C=O) groups excluding carboxylic acids is 1. The predicted molar refractivity (Wildman–Crippen MR) is 77.4 cm³/mol. The molecule has 0 aliphatic heterocycles. The average Bonchev–Trinajstić information content (AvgIpc) is 2.34. The van der Waals surface area contributed by atoms with Crippen LogP contribution in [0.4, 0.5) is 9.18 Å². The molecule has 1 atom stereocenters. The molecular weight excluding hydrogens is 293 g/mol. The summed E-state index contributed by atoms with van der Waals surface area (Å²) in [6.45, 7) is 5.00. The predicted octanol–water partition coefficient (Wildman–Crippen LogP) is 2.35. The monoisotopic (exact) mass is 313 g/mol. The van der Waals surface area contributed by atoms with Crippen LogP contribution < -0.4 is 10.1 Å². The molecule has 1 aromatic carbocycles. The van der Waals surface area contributed by atoms with E-state index < -0.39 is 29.5 Å². The third-order valence-electron chi connectivity index (χ3n) is 2.60. The highest BCUT2D eigenvalue weighted by atomic mass is 19.1. The maximum absolute atomic E-state index is 13.4. The molecule has 0 aliphatic carbocycles. The first kappa shape index (κ1) is 17.7. The van der Waals surface area contributed by atoms with Gasteiger partial charge in [-0.1, -0.05) is 0 Å². The normalized spacial score (nSPS) is 12.4. The standard InChI is InChI=1S/C15H20FNO5/c1-15(2,3)22-14(20)17-12(13(18)19)7-9-5-10(16)8-11(6-9)21-4/h5-6,8,12H,7H2,1-4H3,(H,17,20)(H,18,19)/t12-/m0/s1. The van der Waals surface area contributed by atoms with Gasteiger partial charge in [0.1, 0.15) is 23.2 Å². The zero-order chi connectivity index (χ0) is 16.9. The summed E-state index contributed by atoms with van der Waals surface area (Å²) in [6.07, 6.45) is -0.939. The summed E-state index contributed by atoms with van der Waals surface area (Å²) >= 11 is 0. The fraction of sp³-hybridized carbons (Fsp3) is 0.467. The zero-order valence-corrected chi connectivity index (χ0v) is 13.0. The number of ether oxygens (including phenoxy) is 2. The number of nitrogens with one attached hydrogen (secondary N) is 1. The smallest absolute Gasteiger partial charge is 0.408 e. The van der Waals surface area contributed by atoms with E-state index in [2.05, 4.69) is 5.32 Å². The molecule has 0 saturated carbocycles. The molecule has 1 rings (SSSR count). The Kier molecular flexibility index (Phi) is 5.73. The van der Waals surface area contributed by atoms with Crippen LogP contribution in [0, 0.1) is 5.82 Å². The van der Waals surface area contributed by atoms with Gasteiger partial charge in [0.05, 0.1) is 7.11 Å². The van der Waals surface area contributed by atoms with Crippen molar-refractivity contribution in [1.82, 2.24) is 5.32 Å². The first-order chi connectivity index (χ1) is 10.1. The number of aliphatic carboxylic acids is 1. The van der Waals surface area contributed by atoms with Gasteiger partial charge in [-0.3, -0.25) is 0 Å². The molecule has 1 aromatic rings. The van der Waals surface area contributed by atoms with Crippen LogP contribution in [-0.2, 0) is 16.0 Å². The second-order valence-corrected chi connectivity index (χ2v) is 5.74. The van der Waals surface area contributed by atoms with E-state index in [1.807, 2.05) is 0 Å². The lowest BCUT2D eigenvalue weighted by Gasteiger charge is -2.22. The van der Waals surface area contributed by atoms with Crippen molar-refractivity contribution in [2.24, 2.45) is 0 Å². The van der Waals surface area contributed by atoms with Crippen LogP contribution in [0.3, 0.4) is 0 Å². The van der Waals surface area contributed by atoms with Crippen molar-refractivity contribution in [1.29, 1.82) is 0 Å². The second kappa shape index (κ2) is 7.11. The zero-order valence-electron chi connectivity index (χ0n) is 13.0. The molecule has 22 heavy (non-hydrogen) atoms. The van der Waals surface area contributed by atoms with Crippen LogP contribution in [-0.4, -0.2) is 35.9 Å². The van der Waals surface area contributed by atoms with Crippen molar-refractivity contribution in [2.45, 2.75) is 38.8 Å². The lowest BCUT2D eigenvalue weighted by atomic mass is 10.1. The molecule has 0 spiro atoms. The topological polar surface area (TPSA) is 84.9 Å². The lowest BCUT2D eigenvalue weighted by Crippen LogP contribution is -2.44. The highest BCUT2D eigenvalue weighted by molar-refractivity contribution is 5.80. The van der Waals surface area contributed by atoms with E-state index in [1.165, 1.54) is 25.3 Å². The van der Waals surface area contributed by atoms with Gasteiger partial charge in [-0.15, -0.1) is 0 Å². The highest BCUT2D eigenvalue weighted by Gasteiger charge is 2.24. The second-order valence-electron chi connectivity index (χ2n) is 5.74. The lowest BCUT2D eigenvalue weighted by molar-refractivity contribution is -0.139. The van der Waals surface area contributed by atoms with E-state index in [1.54, 1.807) is 20.8 Å². The number of amides is 1. The Labute approximate surface area is 128 Å². The number of carboxylic acid groups (broad SMARTS) is 1. The summed E-state index contributed by atoms with van der Waals surface area (Å²) in [5.41, 5.74) is -0.352. The number of carbonyl (C=O) groups is 2. The Bertz CT molecular complexity index is 553. The molecule has 0 radical (unpaired) electrons. The highest BCUT2D eigenvalue weighted by Crippen LogP contribution is 2.17. The summed E-state index contributed by atoms with van der Waals surface area (Å²) in [4.78, 5) is 22.9. The van der Waals surface area contributed by atoms with Crippen LogP contribution in [0.5, 0.6) is 5.75 Å². The van der Waals surface area contributed by atoms with Gasteiger partial charge in [0.15, 0.2) is 0 Å². The first-order valence-electron chi connectivity index (χ1n) is 6.66. The third-order valence-corrected chi connectivity index (χ3v) is 2.60. The molecule has 0 saturated heterocycles. The minimum Gasteiger partial charge on any atom is -0.497 e. The quantitative estimate of drug-likeness (QED) is 0.871. The maximum Gasteiger partial charge on any atom is 0.408 e. The summed E-state index contributed by atoms with van der Waals surface area (Å²) in [7, 11) is 1.38. The van der Waals surface area contributed by atoms with E-state index in [0.29, 0.717) is 5.56 Å². The maximum atomic E-state index is 13.4. The van der Waals surface area contributed by atoms with E-state index in [0.717, 1.165) is 0 Å². The number of hydrogen-bond acceptors (Lipinski definition) is 4. The number of benzene rings is 1. The minimum atomic E-state index is -1.24. The number of methoxy groups -OCH3 is 1. The Hall–Kier alpha value is -2.31. The van der Waals surface area contributed by atoms with Gasteiger partial charge in [-0.2, -0.15) is 0 Å². The Balaban J connectivity index is 2.83. The molecule has 6 nitrogen and oxygen atoms in total. The van der Waals surface area contributed by atoms with Crippen molar-refractivity contribution in [2.75, 3.05) is 7.11 Å². The van der Waals surface area contributed by atoms with Gasteiger partial charge in [-0.05, 0) is 38.5 Å². The van der Waals surface area contributed by atoms with Gasteiger partial charge < -0.3 is 19.9 Å². The number of alkyl carbamates (subject to hydrolysis) is 1. The molecule has 122 valence electrons. The Morgan fingerprint density at radius 3 is 2.45 bits per heavy atom. The molecule has 0 aliphatic rings. The first-order valence-corrected chi connectivity index (χ1v) is 6.66. The largest absolute Gasteiger partial charge is 0.497 e. The molecule has 0 fully saturated rings. The van der Waals surface area contributed by atoms with Crippen LogP contribution >= 0.6 is 0 Å². The molecule has 7 heteroatoms. The van der Waals surface area contributed by atoms with Gasteiger partial charge in [0, 0.05) is 12.5 Å². The molecule has 0 heterocycles. The van der Waals surface area contributed by atoms with Crippen LogP contribution in [0.15, 0.2) is 18.2 Å². The molecule has 1 amide bonds. The minimum absolute atomic E-state index is 0.0945. The average molecular weight is 313 g/mol. The van der Waals surface area contributed by atoms with Crippen molar-refractivity contribution < 1.29 is 28.6 Å². The van der Waals surface area contributed by atoms with Crippen molar-refractivity contribution in [3.63, 3.8) is 0 Å². The SMILES string of the molecule is COc1cc(F)cc(C[C@H](NC(=O)OC(C)(C)C)C(=O)O)c1. The van der Waals surface area contributed by atoms with Gasteiger partial charge in [0.2, 0.25) is 0 Å². The van der Waals surface area contributed by atoms with Crippen molar-refractivity contribution in [3.05, 3.63) is 29.6 Å². The Morgan fingerprint density at radius 1 is 1.32 bits per heavy atom. The number of carboxylic acids is 1. The fourth-order valence-electron chi connectivity index (χ4n) is 1.74. The molecule has 0 bridgehead atoms.